The van der Waals surface area contributed by atoms with Crippen molar-refractivity contribution < 1.29 is 22.7 Å². The highest BCUT2D eigenvalue weighted by atomic mass is 32.2. The highest BCUT2D eigenvalue weighted by Crippen LogP contribution is 2.76. The molecule has 2 N–H and O–H groups in total. The number of carboxylic acids is 1. The predicted octanol–water partition coefficient (Wildman–Crippen LogP) is 8.14. The standard InChI is InChI=1S/C42H63FN2O4S/c1-28(27-43)31-13-18-42(44-21-22-45-23-25-50(48,49)26-24-45)20-19-40(5)33(36(31)42)11-12-35-39(4)16-14-32(29-7-9-30(10-8-29)37(46)47)38(2,3)34(39)15-17-41(35,40)6/h7-10,14,28,31,33-36,44H,11-13,15-27H2,1-6H3,(H,46,47)/t28?,31-,33+,34-,35+,36+,39-,40+,41+,42-/m0/s1. The predicted molar refractivity (Wildman–Crippen MR) is 199 cm³/mol. The summed E-state index contributed by atoms with van der Waals surface area (Å²) in [4.78, 5) is 13.9. The number of rotatable bonds is 8. The molecule has 50 heavy (non-hydrogen) atoms. The van der Waals surface area contributed by atoms with Crippen molar-refractivity contribution in [2.24, 2.45) is 57.2 Å². The van der Waals surface area contributed by atoms with Crippen molar-refractivity contribution in [3.63, 3.8) is 0 Å². The summed E-state index contributed by atoms with van der Waals surface area (Å²) in [5.41, 5.74) is 3.48. The summed E-state index contributed by atoms with van der Waals surface area (Å²) in [6.07, 6.45) is 13.1. The molecule has 6 aliphatic rings. The van der Waals surface area contributed by atoms with Crippen LogP contribution in [0.4, 0.5) is 4.39 Å². The van der Waals surface area contributed by atoms with Crippen LogP contribution in [0.3, 0.4) is 0 Å². The normalized spacial score (nSPS) is 42.7. The number of aromatic carboxylic acids is 1. The van der Waals surface area contributed by atoms with Crippen LogP contribution in [-0.4, -0.2) is 74.3 Å². The van der Waals surface area contributed by atoms with E-state index in [-0.39, 0.29) is 51.3 Å². The molecule has 7 rings (SSSR count). The summed E-state index contributed by atoms with van der Waals surface area (Å²) in [5.74, 6) is 2.34. The fraction of sp³-hybridized carbons (Fsp3) is 0.786. The number of alkyl halides is 1. The largest absolute Gasteiger partial charge is 0.478 e. The average molecular weight is 711 g/mol. The van der Waals surface area contributed by atoms with Crippen molar-refractivity contribution >= 4 is 21.4 Å². The minimum absolute atomic E-state index is 0.0197. The Kier molecular flexibility index (Phi) is 9.28. The summed E-state index contributed by atoms with van der Waals surface area (Å²) in [6, 6.07) is 7.52. The zero-order chi connectivity index (χ0) is 35.9. The number of benzene rings is 1. The lowest BCUT2D eigenvalue weighted by molar-refractivity contribution is -0.221. The molecule has 278 valence electrons. The van der Waals surface area contributed by atoms with Crippen molar-refractivity contribution in [2.75, 3.05) is 44.4 Å². The molecule has 0 aromatic heterocycles. The van der Waals surface area contributed by atoms with Gasteiger partial charge >= 0.3 is 5.97 Å². The zero-order valence-corrected chi connectivity index (χ0v) is 32.4. The van der Waals surface area contributed by atoms with Crippen molar-refractivity contribution in [1.82, 2.24) is 10.2 Å². The number of nitrogens with zero attached hydrogens (tertiary/aromatic N) is 1. The monoisotopic (exact) mass is 710 g/mol. The van der Waals surface area contributed by atoms with E-state index in [1.54, 1.807) is 12.1 Å². The van der Waals surface area contributed by atoms with Crippen LogP contribution in [0.1, 0.15) is 115 Å². The lowest BCUT2D eigenvalue weighted by Crippen LogP contribution is -2.68. The molecule has 1 heterocycles. The average Bonchev–Trinajstić information content (AvgIpc) is 3.45. The Labute approximate surface area is 301 Å². The topological polar surface area (TPSA) is 86.7 Å². The SMILES string of the molecule is CC(CF)[C@@H]1CC[C@]2(NCCN3CCS(=O)(=O)CC3)CC[C@]3(C)[C@H](CC[C@@H]4[C@@]5(C)CC=C(c6ccc(C(=O)O)cc6)C(C)(C)[C@@H]5CC[C@]43C)[C@@H]12. The molecule has 1 aromatic carbocycles. The van der Waals surface area contributed by atoms with E-state index in [1.807, 2.05) is 12.1 Å². The van der Waals surface area contributed by atoms with Crippen LogP contribution >= 0.6 is 0 Å². The third-order valence-electron chi connectivity index (χ3n) is 16.8. The van der Waals surface area contributed by atoms with Crippen molar-refractivity contribution in [3.05, 3.63) is 41.5 Å². The molecule has 0 radical (unpaired) electrons. The quantitative estimate of drug-likeness (QED) is 0.284. The summed E-state index contributed by atoms with van der Waals surface area (Å²) in [6.45, 7) is 17.7. The van der Waals surface area contributed by atoms with E-state index in [9.17, 15) is 22.7 Å². The van der Waals surface area contributed by atoms with E-state index >= 15 is 0 Å². The number of carboxylic acid groups (broad SMARTS) is 1. The van der Waals surface area contributed by atoms with E-state index in [2.05, 4.69) is 57.8 Å². The number of allylic oxidation sites excluding steroid dienone is 2. The molecule has 5 fully saturated rings. The van der Waals surface area contributed by atoms with Gasteiger partial charge in [-0.25, -0.2) is 13.2 Å². The van der Waals surface area contributed by atoms with Crippen molar-refractivity contribution in [2.45, 2.75) is 105 Å². The second kappa shape index (κ2) is 12.7. The van der Waals surface area contributed by atoms with Gasteiger partial charge in [-0.2, -0.15) is 0 Å². The highest BCUT2D eigenvalue weighted by molar-refractivity contribution is 7.91. The molecular weight excluding hydrogens is 648 g/mol. The van der Waals surface area contributed by atoms with Crippen LogP contribution in [0, 0.1) is 57.2 Å². The number of halogens is 1. The van der Waals surface area contributed by atoms with Crippen LogP contribution in [0.2, 0.25) is 0 Å². The molecule has 1 aromatic rings. The summed E-state index contributed by atoms with van der Waals surface area (Å²) in [7, 11) is -2.89. The number of carbonyl (C=O) groups is 1. The van der Waals surface area contributed by atoms with E-state index in [0.29, 0.717) is 48.2 Å². The van der Waals surface area contributed by atoms with Gasteiger partial charge in [0.15, 0.2) is 9.84 Å². The van der Waals surface area contributed by atoms with Gasteiger partial charge in [0.1, 0.15) is 0 Å². The lowest BCUT2D eigenvalue weighted by Gasteiger charge is -2.72. The van der Waals surface area contributed by atoms with E-state index in [1.165, 1.54) is 37.7 Å². The molecule has 1 saturated heterocycles. The Morgan fingerprint density at radius 2 is 1.64 bits per heavy atom. The van der Waals surface area contributed by atoms with Gasteiger partial charge in [-0.15, -0.1) is 0 Å². The Morgan fingerprint density at radius 1 is 0.940 bits per heavy atom. The minimum Gasteiger partial charge on any atom is -0.478 e. The zero-order valence-electron chi connectivity index (χ0n) is 31.6. The maximum absolute atomic E-state index is 14.6. The molecule has 0 amide bonds. The van der Waals surface area contributed by atoms with Crippen LogP contribution in [0.5, 0.6) is 0 Å². The molecule has 0 bridgehead atoms. The smallest absolute Gasteiger partial charge is 0.335 e. The second-order valence-corrected chi connectivity index (χ2v) is 21.3. The van der Waals surface area contributed by atoms with Gasteiger partial charge in [0.05, 0.1) is 23.7 Å². The van der Waals surface area contributed by atoms with Gasteiger partial charge in [0.25, 0.3) is 0 Å². The maximum atomic E-state index is 14.6. The number of sulfone groups is 1. The molecule has 1 aliphatic heterocycles. The third kappa shape index (κ3) is 5.58. The molecule has 8 heteroatoms. The van der Waals surface area contributed by atoms with Gasteiger partial charge < -0.3 is 15.3 Å². The molecule has 0 spiro atoms. The van der Waals surface area contributed by atoms with E-state index < -0.39 is 15.8 Å². The number of hydrogen-bond acceptors (Lipinski definition) is 5. The van der Waals surface area contributed by atoms with Crippen molar-refractivity contribution in [1.29, 1.82) is 0 Å². The fourth-order valence-electron chi connectivity index (χ4n) is 14.0. The van der Waals surface area contributed by atoms with E-state index in [4.69, 9.17) is 0 Å². The first-order valence-electron chi connectivity index (χ1n) is 19.8. The summed E-state index contributed by atoms with van der Waals surface area (Å²) in [5, 5.41) is 13.6. The first kappa shape index (κ1) is 36.6. The Morgan fingerprint density at radius 3 is 2.30 bits per heavy atom. The molecule has 5 aliphatic carbocycles. The van der Waals surface area contributed by atoms with Crippen LogP contribution < -0.4 is 5.32 Å². The molecule has 4 saturated carbocycles. The van der Waals surface area contributed by atoms with Crippen LogP contribution in [-0.2, 0) is 9.84 Å². The Bertz CT molecular complexity index is 1600. The van der Waals surface area contributed by atoms with Gasteiger partial charge in [-0.1, -0.05) is 59.8 Å². The maximum Gasteiger partial charge on any atom is 0.335 e. The number of fused-ring (bicyclic) bond motifs is 7. The van der Waals surface area contributed by atoms with E-state index in [0.717, 1.165) is 44.3 Å². The van der Waals surface area contributed by atoms with Gasteiger partial charge in [0.2, 0.25) is 0 Å². The first-order valence-corrected chi connectivity index (χ1v) is 21.6. The molecular formula is C42H63FN2O4S. The van der Waals surface area contributed by atoms with Gasteiger partial charge in [-0.3, -0.25) is 4.39 Å². The Balaban J connectivity index is 1.15. The number of hydrogen-bond donors (Lipinski definition) is 2. The molecule has 10 atom stereocenters. The van der Waals surface area contributed by atoms with Crippen LogP contribution in [0.15, 0.2) is 30.3 Å². The third-order valence-corrected chi connectivity index (χ3v) is 18.4. The summed E-state index contributed by atoms with van der Waals surface area (Å²) < 4.78 is 38.6. The highest BCUT2D eigenvalue weighted by Gasteiger charge is 2.70. The minimum atomic E-state index is -2.89. The molecule has 1 unspecified atom stereocenters. The van der Waals surface area contributed by atoms with Crippen LogP contribution in [0.25, 0.3) is 5.57 Å². The van der Waals surface area contributed by atoms with Crippen molar-refractivity contribution in [3.8, 4) is 0 Å². The first-order chi connectivity index (χ1) is 23.5. The second-order valence-electron chi connectivity index (χ2n) is 19.0. The van der Waals surface area contributed by atoms with Gasteiger partial charge in [-0.05, 0) is 138 Å². The Hall–Kier alpha value is -1.77. The fourth-order valence-corrected chi connectivity index (χ4v) is 15.3. The summed E-state index contributed by atoms with van der Waals surface area (Å²) >= 11 is 0. The lowest BCUT2D eigenvalue weighted by atomic mass is 9.33. The number of nitrogens with one attached hydrogen (secondary N) is 1. The van der Waals surface area contributed by atoms with Gasteiger partial charge in [0, 0.05) is 31.7 Å². The molecule has 6 nitrogen and oxygen atoms in total.